The molecular weight excluding hydrogens is 367 g/mol. The third-order valence-electron chi connectivity index (χ3n) is 2.84. The summed E-state index contributed by atoms with van der Waals surface area (Å²) in [5.74, 6) is -0.134. The van der Waals surface area contributed by atoms with Crippen molar-refractivity contribution in [3.05, 3.63) is 51.6 Å². The maximum atomic E-state index is 12.2. The lowest BCUT2D eigenvalue weighted by atomic mass is 10.2. The number of hydrogen-bond acceptors (Lipinski definition) is 3. The Balaban J connectivity index is 2.26. The molecule has 0 aliphatic rings. The number of halogens is 1. The fourth-order valence-electron chi connectivity index (χ4n) is 1.82. The molecule has 1 amide bonds. The number of amides is 1. The molecule has 20 heavy (non-hydrogen) atoms. The summed E-state index contributed by atoms with van der Waals surface area (Å²) < 4.78 is 0.716. The molecule has 104 valence electrons. The van der Waals surface area contributed by atoms with E-state index < -0.39 is 0 Å². The molecule has 5 heteroatoms. The number of anilines is 2. The minimum absolute atomic E-state index is 0.110. The summed E-state index contributed by atoms with van der Waals surface area (Å²) in [6, 6.07) is 12.4. The lowest BCUT2D eigenvalue weighted by Gasteiger charge is -2.17. The van der Waals surface area contributed by atoms with Crippen LogP contribution in [0.25, 0.3) is 0 Å². The van der Waals surface area contributed by atoms with E-state index in [1.807, 2.05) is 65.9 Å². The Hall–Kier alpha value is -1.76. The third kappa shape index (κ3) is 3.22. The van der Waals surface area contributed by atoms with Crippen molar-refractivity contribution in [3.63, 3.8) is 0 Å². The largest absolute Gasteiger partial charge is 0.507 e. The first kappa shape index (κ1) is 14.6. The second-order valence-electron chi connectivity index (χ2n) is 4.53. The number of carbonyl (C=O) groups excluding carboxylic acids is 1. The van der Waals surface area contributed by atoms with Gasteiger partial charge in [-0.3, -0.25) is 4.79 Å². The van der Waals surface area contributed by atoms with Crippen molar-refractivity contribution in [2.45, 2.75) is 0 Å². The van der Waals surface area contributed by atoms with Gasteiger partial charge < -0.3 is 15.3 Å². The number of rotatable bonds is 3. The zero-order valence-corrected chi connectivity index (χ0v) is 13.4. The van der Waals surface area contributed by atoms with Gasteiger partial charge in [-0.05, 0) is 52.9 Å². The van der Waals surface area contributed by atoms with E-state index in [1.165, 1.54) is 6.07 Å². The topological polar surface area (TPSA) is 52.6 Å². The summed E-state index contributed by atoms with van der Waals surface area (Å²) in [6.45, 7) is 0. The fourth-order valence-corrected chi connectivity index (χ4v) is 2.15. The molecule has 0 aliphatic heterocycles. The van der Waals surface area contributed by atoms with Gasteiger partial charge in [-0.25, -0.2) is 0 Å². The summed E-state index contributed by atoms with van der Waals surface area (Å²) in [5, 5.41) is 12.5. The molecule has 0 aliphatic carbocycles. The number of phenols is 1. The van der Waals surface area contributed by atoms with E-state index in [2.05, 4.69) is 5.32 Å². The molecule has 2 rings (SSSR count). The normalized spacial score (nSPS) is 10.2. The van der Waals surface area contributed by atoms with Crippen molar-refractivity contribution in [2.24, 2.45) is 0 Å². The highest BCUT2D eigenvalue weighted by Crippen LogP contribution is 2.25. The Morgan fingerprint density at radius 3 is 2.55 bits per heavy atom. The Labute approximate surface area is 131 Å². The average molecular weight is 382 g/mol. The van der Waals surface area contributed by atoms with E-state index >= 15 is 0 Å². The Morgan fingerprint density at radius 2 is 1.90 bits per heavy atom. The van der Waals surface area contributed by atoms with Gasteiger partial charge in [0.2, 0.25) is 0 Å². The van der Waals surface area contributed by atoms with Gasteiger partial charge in [0, 0.05) is 19.7 Å². The number of nitrogens with one attached hydrogen (secondary N) is 1. The van der Waals surface area contributed by atoms with Crippen LogP contribution in [-0.4, -0.2) is 25.1 Å². The predicted octanol–water partition coefficient (Wildman–Crippen LogP) is 3.32. The fraction of sp³-hybridized carbons (Fsp3) is 0.133. The maximum Gasteiger partial charge on any atom is 0.255 e. The number of phenolic OH excluding ortho intramolecular Hbond substituents is 1. The summed E-state index contributed by atoms with van der Waals surface area (Å²) in [7, 11) is 3.84. The second-order valence-corrected chi connectivity index (χ2v) is 5.69. The monoisotopic (exact) mass is 382 g/mol. The number of benzene rings is 2. The van der Waals surface area contributed by atoms with Crippen molar-refractivity contribution in [1.82, 2.24) is 0 Å². The number of hydrogen-bond donors (Lipinski definition) is 2. The van der Waals surface area contributed by atoms with Crippen molar-refractivity contribution in [2.75, 3.05) is 24.3 Å². The van der Waals surface area contributed by atoms with Gasteiger partial charge in [-0.15, -0.1) is 0 Å². The van der Waals surface area contributed by atoms with Crippen LogP contribution >= 0.6 is 22.6 Å². The Kier molecular flexibility index (Phi) is 4.49. The molecule has 0 atom stereocenters. The van der Waals surface area contributed by atoms with E-state index in [0.717, 1.165) is 11.4 Å². The molecule has 0 aromatic heterocycles. The Morgan fingerprint density at radius 1 is 1.20 bits per heavy atom. The molecule has 0 radical (unpaired) electrons. The number of aromatic hydroxyl groups is 1. The van der Waals surface area contributed by atoms with Gasteiger partial charge in [-0.2, -0.15) is 0 Å². The molecule has 0 bridgehead atoms. The first-order chi connectivity index (χ1) is 9.49. The third-order valence-corrected chi connectivity index (χ3v) is 3.75. The number of carbonyl (C=O) groups is 1. The van der Waals surface area contributed by atoms with E-state index in [1.54, 1.807) is 12.1 Å². The molecular formula is C15H15IN2O2. The maximum absolute atomic E-state index is 12.2. The number of nitrogens with zero attached hydrogens (tertiary/aromatic N) is 1. The van der Waals surface area contributed by atoms with Gasteiger partial charge in [0.05, 0.1) is 14.9 Å². The number of para-hydroxylation sites is 2. The van der Waals surface area contributed by atoms with Crippen molar-refractivity contribution in [3.8, 4) is 5.75 Å². The van der Waals surface area contributed by atoms with Crippen molar-refractivity contribution in [1.29, 1.82) is 0 Å². The second kappa shape index (κ2) is 6.13. The molecule has 2 N–H and O–H groups in total. The van der Waals surface area contributed by atoms with Crippen LogP contribution in [-0.2, 0) is 0 Å². The van der Waals surface area contributed by atoms with Crippen LogP contribution in [0.5, 0.6) is 5.75 Å². The Bertz CT molecular complexity index is 642. The van der Waals surface area contributed by atoms with Gasteiger partial charge in [0.1, 0.15) is 5.75 Å². The molecule has 4 nitrogen and oxygen atoms in total. The summed E-state index contributed by atoms with van der Waals surface area (Å²) in [4.78, 5) is 14.1. The lowest BCUT2D eigenvalue weighted by molar-refractivity contribution is 0.102. The first-order valence-corrected chi connectivity index (χ1v) is 7.13. The molecule has 0 fully saturated rings. The zero-order chi connectivity index (χ0) is 14.7. The van der Waals surface area contributed by atoms with Crippen LogP contribution in [0.4, 0.5) is 11.4 Å². The van der Waals surface area contributed by atoms with Crippen molar-refractivity contribution >= 4 is 39.9 Å². The summed E-state index contributed by atoms with van der Waals surface area (Å²) >= 11 is 2.01. The zero-order valence-electron chi connectivity index (χ0n) is 11.2. The molecule has 0 spiro atoms. The highest BCUT2D eigenvalue weighted by atomic mass is 127. The highest BCUT2D eigenvalue weighted by Gasteiger charge is 2.11. The van der Waals surface area contributed by atoms with Crippen LogP contribution in [0.1, 0.15) is 10.4 Å². The highest BCUT2D eigenvalue weighted by molar-refractivity contribution is 14.1. The minimum Gasteiger partial charge on any atom is -0.507 e. The van der Waals surface area contributed by atoms with E-state index in [9.17, 15) is 9.90 Å². The van der Waals surface area contributed by atoms with Crippen LogP contribution in [0.2, 0.25) is 0 Å². The first-order valence-electron chi connectivity index (χ1n) is 6.05. The molecule has 0 saturated heterocycles. The summed E-state index contributed by atoms with van der Waals surface area (Å²) in [6.07, 6.45) is 0. The minimum atomic E-state index is -0.244. The van der Waals surface area contributed by atoms with Gasteiger partial charge in [-0.1, -0.05) is 12.1 Å². The van der Waals surface area contributed by atoms with Crippen LogP contribution in [0.3, 0.4) is 0 Å². The van der Waals surface area contributed by atoms with Gasteiger partial charge >= 0.3 is 0 Å². The lowest BCUT2D eigenvalue weighted by Crippen LogP contribution is -2.16. The molecule has 2 aromatic carbocycles. The molecule has 0 heterocycles. The van der Waals surface area contributed by atoms with E-state index in [-0.39, 0.29) is 11.7 Å². The van der Waals surface area contributed by atoms with Gasteiger partial charge in [0.25, 0.3) is 5.91 Å². The van der Waals surface area contributed by atoms with Crippen molar-refractivity contribution < 1.29 is 9.90 Å². The predicted molar refractivity (Wildman–Crippen MR) is 89.5 cm³/mol. The molecule has 2 aromatic rings. The smallest absolute Gasteiger partial charge is 0.255 e. The summed E-state index contributed by atoms with van der Waals surface area (Å²) in [5.41, 5.74) is 2.09. The average Bonchev–Trinajstić information content (AvgIpc) is 2.42. The standard InChI is InChI=1S/C15H15IN2O2/c1-18(2)13-6-4-3-5-12(13)17-15(20)10-7-8-11(16)14(19)9-10/h3-9,19H,1-2H3,(H,17,20). The SMILES string of the molecule is CN(C)c1ccccc1NC(=O)c1ccc(I)c(O)c1. The van der Waals surface area contributed by atoms with Crippen LogP contribution in [0.15, 0.2) is 42.5 Å². The van der Waals surface area contributed by atoms with E-state index in [4.69, 9.17) is 0 Å². The molecule has 0 unspecified atom stereocenters. The van der Waals surface area contributed by atoms with Gasteiger partial charge in [0.15, 0.2) is 0 Å². The van der Waals surface area contributed by atoms with Crippen LogP contribution in [0, 0.1) is 3.57 Å². The van der Waals surface area contributed by atoms with E-state index in [0.29, 0.717) is 9.13 Å². The molecule has 0 saturated carbocycles. The van der Waals surface area contributed by atoms with Crippen LogP contribution < -0.4 is 10.2 Å². The quantitative estimate of drug-likeness (QED) is 0.801.